The molecule has 0 fully saturated rings. The summed E-state index contributed by atoms with van der Waals surface area (Å²) in [5.41, 5.74) is 0.672. The van der Waals surface area contributed by atoms with Crippen LogP contribution in [-0.2, 0) is 9.59 Å². The Morgan fingerprint density at radius 1 is 1.32 bits per heavy atom. The molecule has 1 atom stereocenters. The number of carboxylic acid groups (broad SMARTS) is 1. The molecule has 1 aromatic carbocycles. The highest BCUT2D eigenvalue weighted by atomic mass is 19.1. The Morgan fingerprint density at radius 3 is 2.05 bits per heavy atom. The number of aliphatic carboxylic acids is 1. The van der Waals surface area contributed by atoms with Crippen LogP contribution >= 0.6 is 0 Å². The van der Waals surface area contributed by atoms with Crippen molar-refractivity contribution in [2.45, 2.75) is 26.8 Å². The van der Waals surface area contributed by atoms with Crippen molar-refractivity contribution >= 4 is 17.6 Å². The highest BCUT2D eigenvalue weighted by Gasteiger charge is 2.24. The van der Waals surface area contributed by atoms with Crippen molar-refractivity contribution in [2.24, 2.45) is 0 Å². The summed E-state index contributed by atoms with van der Waals surface area (Å²) in [7, 11) is 0. The molecule has 19 heavy (non-hydrogen) atoms. The maximum atomic E-state index is 12.7. The molecule has 0 aliphatic heterocycles. The molecule has 1 aromatic rings. The maximum absolute atomic E-state index is 12.7. The van der Waals surface area contributed by atoms with E-state index >= 15 is 0 Å². The largest absolute Gasteiger partial charge is 0.550 e. The Labute approximate surface area is 111 Å². The lowest BCUT2D eigenvalue weighted by atomic mass is 10.2. The van der Waals surface area contributed by atoms with E-state index in [1.165, 1.54) is 12.1 Å². The van der Waals surface area contributed by atoms with Gasteiger partial charge in [0.05, 0.1) is 6.04 Å². The summed E-state index contributed by atoms with van der Waals surface area (Å²) >= 11 is 0. The zero-order valence-corrected chi connectivity index (χ0v) is 11.1. The molecule has 106 valence electrons. The normalized spacial score (nSPS) is 11.5. The van der Waals surface area contributed by atoms with E-state index < -0.39 is 12.6 Å². The van der Waals surface area contributed by atoms with Crippen molar-refractivity contribution in [1.29, 1.82) is 0 Å². The van der Waals surface area contributed by atoms with E-state index in [1.807, 2.05) is 13.8 Å². The van der Waals surface area contributed by atoms with Crippen LogP contribution in [0.1, 0.15) is 20.8 Å². The Bertz CT molecular complexity index is 413. The third kappa shape index (κ3) is 6.64. The molecular weight excluding hydrogens is 253 g/mol. The highest BCUT2D eigenvalue weighted by Crippen LogP contribution is 2.04. The van der Waals surface area contributed by atoms with Crippen LogP contribution in [0.3, 0.4) is 0 Å². The first kappa shape index (κ1) is 17.2. The van der Waals surface area contributed by atoms with E-state index in [0.717, 1.165) is 6.92 Å². The van der Waals surface area contributed by atoms with E-state index in [1.54, 1.807) is 12.1 Å². The summed E-state index contributed by atoms with van der Waals surface area (Å²) in [5, 5.41) is 17.7. The smallest absolute Gasteiger partial charge is 0.342 e. The van der Waals surface area contributed by atoms with Gasteiger partial charge >= 0.3 is 5.91 Å². The van der Waals surface area contributed by atoms with Gasteiger partial charge in [0, 0.05) is 18.1 Å². The lowest BCUT2D eigenvalue weighted by Gasteiger charge is -2.19. The number of carbonyl (C=O) groups excluding carboxylic acids is 2. The third-order valence-electron chi connectivity index (χ3n) is 2.18. The quantitative estimate of drug-likeness (QED) is 0.741. The number of benzene rings is 1. The van der Waals surface area contributed by atoms with E-state index in [2.05, 4.69) is 0 Å². The van der Waals surface area contributed by atoms with Crippen LogP contribution in [0.2, 0.25) is 0 Å². The van der Waals surface area contributed by atoms with Crippen LogP contribution in [0.15, 0.2) is 24.3 Å². The molecule has 0 aliphatic carbocycles. The molecule has 6 heteroatoms. The van der Waals surface area contributed by atoms with Crippen molar-refractivity contribution in [2.75, 3.05) is 6.61 Å². The first-order chi connectivity index (χ1) is 8.79. The molecule has 0 bridgehead atoms. The number of halogens is 1. The zero-order valence-electron chi connectivity index (χ0n) is 11.1. The number of hydrogen-bond donors (Lipinski definition) is 2. The van der Waals surface area contributed by atoms with Crippen molar-refractivity contribution in [3.05, 3.63) is 30.1 Å². The van der Waals surface area contributed by atoms with E-state index in [-0.39, 0.29) is 17.8 Å². The fourth-order valence-corrected chi connectivity index (χ4v) is 1.53. The molecule has 2 N–H and O–H groups in total. The number of carboxylic acids is 1. The van der Waals surface area contributed by atoms with Crippen LogP contribution in [0, 0.1) is 5.82 Å². The van der Waals surface area contributed by atoms with E-state index in [4.69, 9.17) is 15.0 Å². The van der Waals surface area contributed by atoms with Crippen LogP contribution < -0.4 is 10.0 Å². The van der Waals surface area contributed by atoms with Crippen molar-refractivity contribution in [3.63, 3.8) is 0 Å². The zero-order chi connectivity index (χ0) is 15.0. The minimum absolute atomic E-state index is 0.00936. The number of hydrogen-bond acceptors (Lipinski definition) is 4. The lowest BCUT2D eigenvalue weighted by Crippen LogP contribution is -3.13. The Balaban J connectivity index is 0.000000711. The number of quaternary nitrogens is 1. The third-order valence-corrected chi connectivity index (χ3v) is 2.18. The molecule has 5 nitrogen and oxygen atoms in total. The second-order valence-corrected chi connectivity index (χ2v) is 4.15. The summed E-state index contributed by atoms with van der Waals surface area (Å²) in [4.78, 5) is 20.9. The minimum Gasteiger partial charge on any atom is -0.550 e. The van der Waals surface area contributed by atoms with Gasteiger partial charge in [0.25, 0.3) is 0 Å². The SMILES string of the molecule is CC(=O)[O-].CC(C)[NH+](C(=O)CO)c1ccc(F)cc1. The summed E-state index contributed by atoms with van der Waals surface area (Å²) in [6.07, 6.45) is 0. The summed E-state index contributed by atoms with van der Waals surface area (Å²) in [5.74, 6) is -1.73. The number of nitrogens with one attached hydrogen (secondary N) is 1. The highest BCUT2D eigenvalue weighted by molar-refractivity contribution is 5.70. The Kier molecular flexibility index (Phi) is 7.55. The van der Waals surface area contributed by atoms with E-state index in [0.29, 0.717) is 10.6 Å². The van der Waals surface area contributed by atoms with Gasteiger partial charge in [-0.1, -0.05) is 0 Å². The van der Waals surface area contributed by atoms with Crippen LogP contribution in [0.4, 0.5) is 10.1 Å². The van der Waals surface area contributed by atoms with Gasteiger partial charge in [-0.25, -0.2) is 14.1 Å². The average Bonchev–Trinajstić information content (AvgIpc) is 2.30. The first-order valence-corrected chi connectivity index (χ1v) is 5.74. The maximum Gasteiger partial charge on any atom is 0.342 e. The van der Waals surface area contributed by atoms with Crippen LogP contribution in [0.5, 0.6) is 0 Å². The summed E-state index contributed by atoms with van der Waals surface area (Å²) in [6.45, 7) is 4.20. The van der Waals surface area contributed by atoms with Gasteiger partial charge < -0.3 is 15.0 Å². The molecule has 1 unspecified atom stereocenters. The van der Waals surface area contributed by atoms with Gasteiger partial charge in [-0.05, 0) is 32.9 Å². The number of rotatable bonds is 3. The van der Waals surface area contributed by atoms with Crippen molar-refractivity contribution in [1.82, 2.24) is 0 Å². The average molecular weight is 271 g/mol. The number of aliphatic hydroxyl groups excluding tert-OH is 1. The molecule has 0 heterocycles. The molecular formula is C13H18FNO4. The Morgan fingerprint density at radius 2 is 1.74 bits per heavy atom. The predicted molar refractivity (Wildman–Crippen MR) is 64.9 cm³/mol. The number of amides is 1. The lowest BCUT2D eigenvalue weighted by molar-refractivity contribution is -0.775. The van der Waals surface area contributed by atoms with Crippen LogP contribution in [0.25, 0.3) is 0 Å². The van der Waals surface area contributed by atoms with E-state index in [9.17, 15) is 9.18 Å². The monoisotopic (exact) mass is 271 g/mol. The molecule has 1 amide bonds. The second-order valence-electron chi connectivity index (χ2n) is 4.15. The molecule has 0 aliphatic rings. The molecule has 0 aromatic heterocycles. The van der Waals surface area contributed by atoms with Crippen LogP contribution in [-0.4, -0.2) is 29.6 Å². The van der Waals surface area contributed by atoms with Gasteiger partial charge in [-0.2, -0.15) is 0 Å². The second kappa shape index (κ2) is 8.34. The van der Waals surface area contributed by atoms with Gasteiger partial charge in [-0.3, -0.25) is 0 Å². The molecule has 0 saturated carbocycles. The van der Waals surface area contributed by atoms with Gasteiger partial charge in [0.1, 0.15) is 11.5 Å². The molecule has 0 radical (unpaired) electrons. The fraction of sp³-hybridized carbons (Fsp3) is 0.385. The molecule has 0 saturated heterocycles. The fourth-order valence-electron chi connectivity index (χ4n) is 1.53. The van der Waals surface area contributed by atoms with Gasteiger partial charge in [0.15, 0.2) is 6.61 Å². The summed E-state index contributed by atoms with van der Waals surface area (Å²) < 4.78 is 12.7. The number of aliphatic hydroxyl groups is 1. The molecule has 1 rings (SSSR count). The minimum atomic E-state index is -1.08. The first-order valence-electron chi connectivity index (χ1n) is 5.74. The predicted octanol–water partition coefficient (Wildman–Crippen LogP) is -0.974. The van der Waals surface area contributed by atoms with Crippen molar-refractivity contribution < 1.29 is 29.1 Å². The topological polar surface area (TPSA) is 81.9 Å². The van der Waals surface area contributed by atoms with Gasteiger partial charge in [0.2, 0.25) is 0 Å². The Hall–Kier alpha value is -1.79. The summed E-state index contributed by atoms with van der Waals surface area (Å²) in [6, 6.07) is 5.73. The number of carbonyl (C=O) groups is 2. The van der Waals surface area contributed by atoms with Gasteiger partial charge in [-0.15, -0.1) is 0 Å². The standard InChI is InChI=1S/C11H14FNO2.C2H4O2/c1-8(2)13(11(15)7-14)10-5-3-9(12)4-6-10;1-2(3)4/h3-6,8,14H,7H2,1-2H3;1H3,(H,3,4). The molecule has 0 spiro atoms. The van der Waals surface area contributed by atoms with Crippen molar-refractivity contribution in [3.8, 4) is 0 Å².